The standard InChI is InChI=1S/C22H37N3O3/c1-5-23-22(25-13-11-19(16-25)17-28-15-14-26-3)24-12-10-18(2)20-6-8-21(27-4)9-7-20/h6-9,18-19H,5,10-17H2,1-4H3,(H,23,24). The van der Waals surface area contributed by atoms with Crippen LogP contribution in [0.25, 0.3) is 0 Å². The fourth-order valence-electron chi connectivity index (χ4n) is 3.44. The molecular weight excluding hydrogens is 354 g/mol. The highest BCUT2D eigenvalue weighted by Gasteiger charge is 2.24. The van der Waals surface area contributed by atoms with Crippen molar-refractivity contribution in [3.05, 3.63) is 29.8 Å². The van der Waals surface area contributed by atoms with Gasteiger partial charge >= 0.3 is 0 Å². The molecule has 1 aliphatic rings. The largest absolute Gasteiger partial charge is 0.497 e. The monoisotopic (exact) mass is 391 g/mol. The van der Waals surface area contributed by atoms with E-state index >= 15 is 0 Å². The summed E-state index contributed by atoms with van der Waals surface area (Å²) in [6, 6.07) is 8.34. The lowest BCUT2D eigenvalue weighted by Gasteiger charge is -2.22. The van der Waals surface area contributed by atoms with E-state index in [2.05, 4.69) is 36.2 Å². The van der Waals surface area contributed by atoms with Crippen molar-refractivity contribution < 1.29 is 14.2 Å². The van der Waals surface area contributed by atoms with E-state index in [1.807, 2.05) is 12.1 Å². The van der Waals surface area contributed by atoms with Gasteiger partial charge in [0, 0.05) is 39.2 Å². The molecule has 1 fully saturated rings. The minimum Gasteiger partial charge on any atom is -0.497 e. The molecule has 0 saturated carbocycles. The lowest BCUT2D eigenvalue weighted by atomic mass is 9.98. The Kier molecular flexibility index (Phi) is 10.1. The first-order chi connectivity index (χ1) is 13.7. The Balaban J connectivity index is 1.81. The van der Waals surface area contributed by atoms with Gasteiger partial charge in [-0.05, 0) is 43.4 Å². The Morgan fingerprint density at radius 2 is 2.04 bits per heavy atom. The van der Waals surface area contributed by atoms with Gasteiger partial charge in [0.05, 0.1) is 26.9 Å². The lowest BCUT2D eigenvalue weighted by molar-refractivity contribution is 0.0536. The molecule has 0 bridgehead atoms. The zero-order valence-electron chi connectivity index (χ0n) is 17.9. The molecule has 158 valence electrons. The van der Waals surface area contributed by atoms with E-state index in [0.717, 1.165) is 57.3 Å². The van der Waals surface area contributed by atoms with E-state index in [9.17, 15) is 0 Å². The van der Waals surface area contributed by atoms with Crippen LogP contribution in [0, 0.1) is 5.92 Å². The number of rotatable bonds is 11. The number of methoxy groups -OCH3 is 2. The van der Waals surface area contributed by atoms with Crippen LogP contribution in [0.15, 0.2) is 29.3 Å². The number of guanidine groups is 1. The Bertz CT molecular complexity index is 577. The molecule has 0 aromatic heterocycles. The van der Waals surface area contributed by atoms with Gasteiger partial charge in [-0.3, -0.25) is 4.99 Å². The molecule has 1 aromatic carbocycles. The first kappa shape index (κ1) is 22.5. The van der Waals surface area contributed by atoms with Gasteiger partial charge in [-0.2, -0.15) is 0 Å². The van der Waals surface area contributed by atoms with Crippen molar-refractivity contribution in [2.75, 3.05) is 60.2 Å². The average molecular weight is 392 g/mol. The minimum atomic E-state index is 0.470. The van der Waals surface area contributed by atoms with E-state index in [-0.39, 0.29) is 0 Å². The maximum absolute atomic E-state index is 5.70. The SMILES string of the molecule is CCNC(=NCCC(C)c1ccc(OC)cc1)N1CCC(COCCOC)C1. The van der Waals surface area contributed by atoms with E-state index in [0.29, 0.717) is 25.0 Å². The number of nitrogens with one attached hydrogen (secondary N) is 1. The van der Waals surface area contributed by atoms with E-state index in [1.54, 1.807) is 14.2 Å². The molecule has 6 nitrogen and oxygen atoms in total. The van der Waals surface area contributed by atoms with Gasteiger partial charge in [0.25, 0.3) is 0 Å². The summed E-state index contributed by atoms with van der Waals surface area (Å²) in [5.41, 5.74) is 1.33. The molecule has 0 spiro atoms. The molecule has 2 unspecified atom stereocenters. The fraction of sp³-hybridized carbons (Fsp3) is 0.682. The van der Waals surface area contributed by atoms with Gasteiger partial charge in [-0.25, -0.2) is 0 Å². The summed E-state index contributed by atoms with van der Waals surface area (Å²) in [5, 5.41) is 3.45. The molecule has 0 amide bonds. The molecule has 1 aliphatic heterocycles. The Labute approximate surface area is 170 Å². The molecule has 1 N–H and O–H groups in total. The number of nitrogens with zero attached hydrogens (tertiary/aromatic N) is 2. The third-order valence-corrected chi connectivity index (χ3v) is 5.21. The number of hydrogen-bond donors (Lipinski definition) is 1. The average Bonchev–Trinajstić information content (AvgIpc) is 3.19. The molecule has 6 heteroatoms. The second-order valence-corrected chi connectivity index (χ2v) is 7.37. The minimum absolute atomic E-state index is 0.470. The third-order valence-electron chi connectivity index (χ3n) is 5.21. The predicted molar refractivity (Wildman–Crippen MR) is 114 cm³/mol. The van der Waals surface area contributed by atoms with E-state index in [1.165, 1.54) is 5.56 Å². The van der Waals surface area contributed by atoms with Gasteiger partial charge in [0.1, 0.15) is 5.75 Å². The van der Waals surface area contributed by atoms with Crippen molar-refractivity contribution in [2.45, 2.75) is 32.6 Å². The molecule has 0 aliphatic carbocycles. The highest BCUT2D eigenvalue weighted by atomic mass is 16.5. The van der Waals surface area contributed by atoms with Crippen LogP contribution in [0.3, 0.4) is 0 Å². The summed E-state index contributed by atoms with van der Waals surface area (Å²) >= 11 is 0. The Morgan fingerprint density at radius 1 is 1.25 bits per heavy atom. The topological polar surface area (TPSA) is 55.3 Å². The van der Waals surface area contributed by atoms with Gasteiger partial charge in [-0.1, -0.05) is 19.1 Å². The zero-order valence-corrected chi connectivity index (χ0v) is 17.9. The smallest absolute Gasteiger partial charge is 0.193 e. The molecule has 28 heavy (non-hydrogen) atoms. The summed E-state index contributed by atoms with van der Waals surface area (Å²) in [5.74, 6) is 2.97. The van der Waals surface area contributed by atoms with Crippen LogP contribution in [-0.2, 0) is 9.47 Å². The van der Waals surface area contributed by atoms with E-state index < -0.39 is 0 Å². The van der Waals surface area contributed by atoms with Crippen LogP contribution in [0.4, 0.5) is 0 Å². The second kappa shape index (κ2) is 12.6. The predicted octanol–water partition coefficient (Wildman–Crippen LogP) is 3.14. The van der Waals surface area contributed by atoms with Crippen LogP contribution >= 0.6 is 0 Å². The van der Waals surface area contributed by atoms with Crippen LogP contribution in [0.1, 0.15) is 38.2 Å². The summed E-state index contributed by atoms with van der Waals surface area (Å²) in [6.45, 7) is 10.3. The molecule has 1 aromatic rings. The highest BCUT2D eigenvalue weighted by molar-refractivity contribution is 5.80. The van der Waals surface area contributed by atoms with Crippen LogP contribution in [0.2, 0.25) is 0 Å². The molecule has 2 atom stereocenters. The van der Waals surface area contributed by atoms with E-state index in [4.69, 9.17) is 19.2 Å². The molecule has 0 radical (unpaired) electrons. The number of hydrogen-bond acceptors (Lipinski definition) is 4. The summed E-state index contributed by atoms with van der Waals surface area (Å²) in [6.07, 6.45) is 2.18. The van der Waals surface area contributed by atoms with Gasteiger partial charge < -0.3 is 24.4 Å². The Hall–Kier alpha value is -1.79. The molecule has 1 heterocycles. The third kappa shape index (κ3) is 7.32. The summed E-state index contributed by atoms with van der Waals surface area (Å²) in [7, 11) is 3.40. The van der Waals surface area contributed by atoms with Crippen molar-refractivity contribution in [2.24, 2.45) is 10.9 Å². The number of aliphatic imine (C=N–C) groups is 1. The van der Waals surface area contributed by atoms with Crippen molar-refractivity contribution in [3.63, 3.8) is 0 Å². The van der Waals surface area contributed by atoms with Gasteiger partial charge in [-0.15, -0.1) is 0 Å². The second-order valence-electron chi connectivity index (χ2n) is 7.37. The number of benzene rings is 1. The fourth-order valence-corrected chi connectivity index (χ4v) is 3.44. The first-order valence-electron chi connectivity index (χ1n) is 10.4. The number of likely N-dealkylation sites (tertiary alicyclic amines) is 1. The van der Waals surface area contributed by atoms with Crippen molar-refractivity contribution >= 4 is 5.96 Å². The van der Waals surface area contributed by atoms with Crippen molar-refractivity contribution in [1.29, 1.82) is 0 Å². The first-order valence-corrected chi connectivity index (χ1v) is 10.4. The normalized spacial score (nSPS) is 18.4. The highest BCUT2D eigenvalue weighted by Crippen LogP contribution is 2.22. The Morgan fingerprint density at radius 3 is 2.71 bits per heavy atom. The van der Waals surface area contributed by atoms with Gasteiger partial charge in [0.2, 0.25) is 0 Å². The van der Waals surface area contributed by atoms with Crippen molar-refractivity contribution in [1.82, 2.24) is 10.2 Å². The van der Waals surface area contributed by atoms with Crippen LogP contribution in [-0.4, -0.2) is 71.1 Å². The summed E-state index contributed by atoms with van der Waals surface area (Å²) in [4.78, 5) is 7.25. The zero-order chi connectivity index (χ0) is 20.2. The van der Waals surface area contributed by atoms with Crippen LogP contribution < -0.4 is 10.1 Å². The molecule has 1 saturated heterocycles. The number of ether oxygens (including phenoxy) is 3. The quantitative estimate of drug-likeness (QED) is 0.357. The lowest BCUT2D eigenvalue weighted by Crippen LogP contribution is -2.40. The van der Waals surface area contributed by atoms with Crippen LogP contribution in [0.5, 0.6) is 5.75 Å². The molecular formula is C22H37N3O3. The molecule has 2 rings (SSSR count). The maximum atomic E-state index is 5.70. The summed E-state index contributed by atoms with van der Waals surface area (Å²) < 4.78 is 16.0. The van der Waals surface area contributed by atoms with Gasteiger partial charge in [0.15, 0.2) is 5.96 Å². The maximum Gasteiger partial charge on any atom is 0.193 e. The van der Waals surface area contributed by atoms with Crippen molar-refractivity contribution in [3.8, 4) is 5.75 Å².